The Labute approximate surface area is 133 Å². The number of rotatable bonds is 4. The van der Waals surface area contributed by atoms with Crippen LogP contribution in [-0.4, -0.2) is 15.0 Å². The third-order valence-corrected chi connectivity index (χ3v) is 3.26. The molecule has 0 aliphatic heterocycles. The number of nitro groups is 2. The molecule has 2 aromatic carbocycles. The molecule has 2 aromatic rings. The standard InChI is InChI=1S/C12H7Cl2N3O5/c13-8-3-6(4-9(14)12(8)18)15-10-2-1-7(16(19)20)5-11(10)17(21)22/h1-5,15,18H. The molecule has 114 valence electrons. The maximum atomic E-state index is 11.0. The van der Waals surface area contributed by atoms with Crippen molar-refractivity contribution in [2.24, 2.45) is 0 Å². The van der Waals surface area contributed by atoms with Gasteiger partial charge in [0.15, 0.2) is 5.75 Å². The largest absolute Gasteiger partial charge is 0.505 e. The predicted molar refractivity (Wildman–Crippen MR) is 81.2 cm³/mol. The second-order valence-electron chi connectivity index (χ2n) is 4.13. The van der Waals surface area contributed by atoms with E-state index in [2.05, 4.69) is 5.32 Å². The Morgan fingerprint density at radius 1 is 1.00 bits per heavy atom. The fraction of sp³-hybridized carbons (Fsp3) is 0. The molecule has 0 saturated carbocycles. The fourth-order valence-corrected chi connectivity index (χ4v) is 2.17. The third-order valence-electron chi connectivity index (χ3n) is 2.68. The number of halogens is 2. The lowest BCUT2D eigenvalue weighted by molar-refractivity contribution is -0.393. The molecule has 0 aliphatic carbocycles. The highest BCUT2D eigenvalue weighted by Gasteiger charge is 2.20. The molecule has 22 heavy (non-hydrogen) atoms. The van der Waals surface area contributed by atoms with Gasteiger partial charge in [0.25, 0.3) is 11.4 Å². The number of benzene rings is 2. The van der Waals surface area contributed by atoms with E-state index in [1.165, 1.54) is 18.2 Å². The van der Waals surface area contributed by atoms with Crippen LogP contribution in [0.1, 0.15) is 0 Å². The summed E-state index contributed by atoms with van der Waals surface area (Å²) in [7, 11) is 0. The summed E-state index contributed by atoms with van der Waals surface area (Å²) in [6.45, 7) is 0. The minimum absolute atomic E-state index is 0.0217. The van der Waals surface area contributed by atoms with Gasteiger partial charge in [-0.2, -0.15) is 0 Å². The van der Waals surface area contributed by atoms with Gasteiger partial charge in [0.1, 0.15) is 5.69 Å². The molecule has 0 amide bonds. The molecule has 8 nitrogen and oxygen atoms in total. The van der Waals surface area contributed by atoms with Gasteiger partial charge >= 0.3 is 0 Å². The van der Waals surface area contributed by atoms with E-state index in [4.69, 9.17) is 23.2 Å². The highest BCUT2D eigenvalue weighted by molar-refractivity contribution is 6.37. The molecule has 2 rings (SSSR count). The van der Waals surface area contributed by atoms with Crippen molar-refractivity contribution in [1.29, 1.82) is 0 Å². The van der Waals surface area contributed by atoms with Crippen molar-refractivity contribution in [2.45, 2.75) is 0 Å². The molecule has 0 fully saturated rings. The van der Waals surface area contributed by atoms with Gasteiger partial charge in [0.05, 0.1) is 26.0 Å². The zero-order valence-corrected chi connectivity index (χ0v) is 12.1. The number of non-ortho nitro benzene ring substituents is 1. The van der Waals surface area contributed by atoms with E-state index in [0.717, 1.165) is 12.1 Å². The fourth-order valence-electron chi connectivity index (χ4n) is 1.68. The molecule has 0 aliphatic rings. The number of hydrogen-bond acceptors (Lipinski definition) is 6. The van der Waals surface area contributed by atoms with E-state index < -0.39 is 21.2 Å². The molecule has 10 heteroatoms. The number of nitrogens with zero attached hydrogens (tertiary/aromatic N) is 2. The van der Waals surface area contributed by atoms with Crippen LogP contribution in [0.2, 0.25) is 10.0 Å². The molecule has 0 spiro atoms. The van der Waals surface area contributed by atoms with Gasteiger partial charge in [-0.25, -0.2) is 0 Å². The van der Waals surface area contributed by atoms with Gasteiger partial charge in [0, 0.05) is 11.8 Å². The van der Waals surface area contributed by atoms with Crippen LogP contribution in [0.25, 0.3) is 0 Å². The van der Waals surface area contributed by atoms with E-state index in [0.29, 0.717) is 0 Å². The Morgan fingerprint density at radius 3 is 2.09 bits per heavy atom. The number of nitrogens with one attached hydrogen (secondary N) is 1. The molecule has 0 unspecified atom stereocenters. The molecule has 0 saturated heterocycles. The predicted octanol–water partition coefficient (Wildman–Crippen LogP) is 4.26. The highest BCUT2D eigenvalue weighted by Crippen LogP contribution is 2.37. The summed E-state index contributed by atoms with van der Waals surface area (Å²) in [5.41, 5.74) is -0.577. The zero-order chi connectivity index (χ0) is 16.4. The first-order valence-corrected chi connectivity index (χ1v) is 6.43. The van der Waals surface area contributed by atoms with Crippen molar-refractivity contribution in [1.82, 2.24) is 0 Å². The molecule has 0 heterocycles. The molecule has 0 atom stereocenters. The monoisotopic (exact) mass is 343 g/mol. The molecule has 0 radical (unpaired) electrons. The van der Waals surface area contributed by atoms with Gasteiger partial charge in [-0.3, -0.25) is 20.2 Å². The Balaban J connectivity index is 2.45. The first-order valence-electron chi connectivity index (χ1n) is 5.67. The van der Waals surface area contributed by atoms with Crippen LogP contribution < -0.4 is 5.32 Å². The molecule has 2 N–H and O–H groups in total. The summed E-state index contributed by atoms with van der Waals surface area (Å²) in [4.78, 5) is 20.2. The van der Waals surface area contributed by atoms with Crippen molar-refractivity contribution in [3.05, 3.63) is 60.6 Å². The highest BCUT2D eigenvalue weighted by atomic mass is 35.5. The minimum Gasteiger partial charge on any atom is -0.505 e. The molecule has 0 bridgehead atoms. The lowest BCUT2D eigenvalue weighted by Crippen LogP contribution is -1.99. The van der Waals surface area contributed by atoms with Crippen molar-refractivity contribution in [3.63, 3.8) is 0 Å². The van der Waals surface area contributed by atoms with Crippen molar-refractivity contribution < 1.29 is 15.0 Å². The summed E-state index contributed by atoms with van der Waals surface area (Å²) < 4.78 is 0. The van der Waals surface area contributed by atoms with Crippen LogP contribution in [0.3, 0.4) is 0 Å². The van der Waals surface area contributed by atoms with Gasteiger partial charge < -0.3 is 10.4 Å². The first kappa shape index (κ1) is 15.8. The average molecular weight is 344 g/mol. The Morgan fingerprint density at radius 2 is 1.59 bits per heavy atom. The third kappa shape index (κ3) is 3.18. The summed E-state index contributed by atoms with van der Waals surface area (Å²) in [5.74, 6) is -0.313. The zero-order valence-electron chi connectivity index (χ0n) is 10.6. The van der Waals surface area contributed by atoms with Crippen LogP contribution in [0.4, 0.5) is 22.7 Å². The van der Waals surface area contributed by atoms with Gasteiger partial charge in [-0.1, -0.05) is 23.2 Å². The van der Waals surface area contributed by atoms with Crippen LogP contribution in [0.15, 0.2) is 30.3 Å². The van der Waals surface area contributed by atoms with Gasteiger partial charge in [-0.15, -0.1) is 0 Å². The van der Waals surface area contributed by atoms with Crippen LogP contribution >= 0.6 is 23.2 Å². The Kier molecular flexibility index (Phi) is 4.34. The van der Waals surface area contributed by atoms with Crippen LogP contribution in [0, 0.1) is 20.2 Å². The summed E-state index contributed by atoms with van der Waals surface area (Å²) in [6, 6.07) is 5.79. The number of phenols is 1. The minimum atomic E-state index is -0.751. The topological polar surface area (TPSA) is 119 Å². The normalized spacial score (nSPS) is 10.3. The van der Waals surface area contributed by atoms with E-state index in [-0.39, 0.29) is 27.2 Å². The first-order chi connectivity index (χ1) is 10.3. The maximum Gasteiger partial charge on any atom is 0.299 e. The lowest BCUT2D eigenvalue weighted by Gasteiger charge is -2.09. The number of phenolic OH excluding ortho intramolecular Hbond substituents is 1. The lowest BCUT2D eigenvalue weighted by atomic mass is 10.2. The Hall–Kier alpha value is -2.58. The average Bonchev–Trinajstić information content (AvgIpc) is 2.44. The molecular weight excluding hydrogens is 337 g/mol. The summed E-state index contributed by atoms with van der Waals surface area (Å²) in [5, 5.41) is 33.8. The van der Waals surface area contributed by atoms with E-state index in [1.54, 1.807) is 0 Å². The van der Waals surface area contributed by atoms with E-state index in [1.807, 2.05) is 0 Å². The number of nitro benzene ring substituents is 2. The van der Waals surface area contributed by atoms with Crippen molar-refractivity contribution in [2.75, 3.05) is 5.32 Å². The van der Waals surface area contributed by atoms with Crippen LogP contribution in [-0.2, 0) is 0 Å². The second kappa shape index (κ2) is 6.04. The second-order valence-corrected chi connectivity index (χ2v) is 4.94. The number of hydrogen-bond donors (Lipinski definition) is 2. The molecular formula is C12H7Cl2N3O5. The Bertz CT molecular complexity index is 758. The van der Waals surface area contributed by atoms with Gasteiger partial charge in [-0.05, 0) is 18.2 Å². The number of aromatic hydroxyl groups is 1. The summed E-state index contributed by atoms with van der Waals surface area (Å²) in [6.07, 6.45) is 0. The van der Waals surface area contributed by atoms with Crippen LogP contribution in [0.5, 0.6) is 5.75 Å². The van der Waals surface area contributed by atoms with Crippen molar-refractivity contribution >= 4 is 46.0 Å². The van der Waals surface area contributed by atoms with Crippen molar-refractivity contribution in [3.8, 4) is 5.75 Å². The SMILES string of the molecule is O=[N+]([O-])c1ccc(Nc2cc(Cl)c(O)c(Cl)c2)c([N+](=O)[O-])c1. The molecule has 0 aromatic heterocycles. The number of anilines is 2. The van der Waals surface area contributed by atoms with Gasteiger partial charge in [0.2, 0.25) is 0 Å². The van der Waals surface area contributed by atoms with E-state index in [9.17, 15) is 25.3 Å². The maximum absolute atomic E-state index is 11.0. The van der Waals surface area contributed by atoms with E-state index >= 15 is 0 Å². The quantitative estimate of drug-likeness (QED) is 0.486. The smallest absolute Gasteiger partial charge is 0.299 e. The summed E-state index contributed by atoms with van der Waals surface area (Å²) >= 11 is 11.5.